The number of anilines is 1. The van der Waals surface area contributed by atoms with E-state index in [1.807, 2.05) is 30.0 Å². The van der Waals surface area contributed by atoms with Crippen LogP contribution in [-0.4, -0.2) is 29.4 Å². The third-order valence-electron chi connectivity index (χ3n) is 2.96. The molecule has 1 heterocycles. The van der Waals surface area contributed by atoms with Crippen LogP contribution in [0.3, 0.4) is 0 Å². The number of thioether (sulfide) groups is 1. The predicted octanol–water partition coefficient (Wildman–Crippen LogP) is 2.30. The largest absolute Gasteiger partial charge is 0.384 e. The SMILES string of the molecule is CC1(C)CN(c2ccccc2C(=N)N)CCS1. The van der Waals surface area contributed by atoms with Crippen LogP contribution in [-0.2, 0) is 0 Å². The first-order valence-electron chi connectivity index (χ1n) is 5.82. The maximum absolute atomic E-state index is 7.64. The molecule has 0 amide bonds. The fourth-order valence-electron chi connectivity index (χ4n) is 2.20. The van der Waals surface area contributed by atoms with Crippen molar-refractivity contribution in [2.75, 3.05) is 23.7 Å². The second kappa shape index (κ2) is 4.61. The molecule has 0 bridgehead atoms. The molecular formula is C13H19N3S. The van der Waals surface area contributed by atoms with Crippen LogP contribution in [0.25, 0.3) is 0 Å². The summed E-state index contributed by atoms with van der Waals surface area (Å²) in [6.07, 6.45) is 0. The Morgan fingerprint density at radius 2 is 2.12 bits per heavy atom. The van der Waals surface area contributed by atoms with Crippen LogP contribution in [0.2, 0.25) is 0 Å². The molecule has 1 aromatic rings. The van der Waals surface area contributed by atoms with Crippen molar-refractivity contribution in [1.82, 2.24) is 0 Å². The average Bonchev–Trinajstić information content (AvgIpc) is 2.27. The first kappa shape index (κ1) is 12.3. The first-order chi connectivity index (χ1) is 7.99. The second-order valence-electron chi connectivity index (χ2n) is 4.96. The molecule has 0 saturated carbocycles. The first-order valence-corrected chi connectivity index (χ1v) is 6.80. The van der Waals surface area contributed by atoms with Gasteiger partial charge in [-0.2, -0.15) is 11.8 Å². The van der Waals surface area contributed by atoms with Gasteiger partial charge in [0.2, 0.25) is 0 Å². The van der Waals surface area contributed by atoms with E-state index in [1.165, 1.54) is 0 Å². The molecule has 3 nitrogen and oxygen atoms in total. The lowest BCUT2D eigenvalue weighted by molar-refractivity contribution is 0.647. The van der Waals surface area contributed by atoms with Crippen LogP contribution < -0.4 is 10.6 Å². The zero-order valence-electron chi connectivity index (χ0n) is 10.4. The Bertz CT molecular complexity index is 428. The van der Waals surface area contributed by atoms with Gasteiger partial charge in [0.05, 0.1) is 0 Å². The van der Waals surface area contributed by atoms with Crippen molar-refractivity contribution < 1.29 is 0 Å². The van der Waals surface area contributed by atoms with Crippen molar-refractivity contribution in [2.45, 2.75) is 18.6 Å². The maximum Gasteiger partial charge on any atom is 0.124 e. The smallest absolute Gasteiger partial charge is 0.124 e. The Morgan fingerprint density at radius 3 is 2.76 bits per heavy atom. The molecule has 0 spiro atoms. The molecule has 3 N–H and O–H groups in total. The highest BCUT2D eigenvalue weighted by atomic mass is 32.2. The van der Waals surface area contributed by atoms with Crippen molar-refractivity contribution >= 4 is 23.3 Å². The molecule has 0 radical (unpaired) electrons. The van der Waals surface area contributed by atoms with E-state index in [4.69, 9.17) is 11.1 Å². The molecule has 1 aliphatic heterocycles. The molecule has 0 atom stereocenters. The van der Waals surface area contributed by atoms with E-state index in [-0.39, 0.29) is 10.6 Å². The van der Waals surface area contributed by atoms with Crippen LogP contribution in [0.15, 0.2) is 24.3 Å². The summed E-state index contributed by atoms with van der Waals surface area (Å²) in [4.78, 5) is 2.34. The highest BCUT2D eigenvalue weighted by Gasteiger charge is 2.28. The van der Waals surface area contributed by atoms with E-state index in [9.17, 15) is 0 Å². The van der Waals surface area contributed by atoms with Crippen molar-refractivity contribution in [3.8, 4) is 0 Å². The van der Waals surface area contributed by atoms with Gasteiger partial charge in [0, 0.05) is 34.8 Å². The Kier molecular flexibility index (Phi) is 3.33. The van der Waals surface area contributed by atoms with E-state index < -0.39 is 0 Å². The quantitative estimate of drug-likeness (QED) is 0.624. The third-order valence-corrected chi connectivity index (χ3v) is 4.26. The average molecular weight is 249 g/mol. The summed E-state index contributed by atoms with van der Waals surface area (Å²) in [5.74, 6) is 1.27. The number of hydrogen-bond donors (Lipinski definition) is 2. The molecule has 4 heteroatoms. The maximum atomic E-state index is 7.64. The monoisotopic (exact) mass is 249 g/mol. The normalized spacial score (nSPS) is 19.1. The van der Waals surface area contributed by atoms with Crippen LogP contribution in [0, 0.1) is 5.41 Å². The van der Waals surface area contributed by atoms with Gasteiger partial charge in [0.1, 0.15) is 5.84 Å². The minimum atomic E-state index is 0.150. The van der Waals surface area contributed by atoms with Crippen LogP contribution >= 0.6 is 11.8 Å². The van der Waals surface area contributed by atoms with E-state index >= 15 is 0 Å². The van der Waals surface area contributed by atoms with E-state index in [0.717, 1.165) is 30.1 Å². The van der Waals surface area contributed by atoms with Crippen LogP contribution in [0.5, 0.6) is 0 Å². The number of amidine groups is 1. The minimum Gasteiger partial charge on any atom is -0.384 e. The molecule has 1 aliphatic rings. The molecule has 92 valence electrons. The zero-order valence-corrected chi connectivity index (χ0v) is 11.2. The number of rotatable bonds is 2. The summed E-state index contributed by atoms with van der Waals surface area (Å²) in [5.41, 5.74) is 7.57. The molecule has 17 heavy (non-hydrogen) atoms. The van der Waals surface area contributed by atoms with Gasteiger partial charge in [-0.1, -0.05) is 12.1 Å². The number of hydrogen-bond acceptors (Lipinski definition) is 3. The summed E-state index contributed by atoms with van der Waals surface area (Å²) in [7, 11) is 0. The molecule has 0 aliphatic carbocycles. The number of nitrogen functional groups attached to an aromatic ring is 1. The summed E-state index contributed by atoms with van der Waals surface area (Å²) in [5, 5.41) is 7.64. The topological polar surface area (TPSA) is 53.1 Å². The van der Waals surface area contributed by atoms with Gasteiger partial charge < -0.3 is 10.6 Å². The summed E-state index contributed by atoms with van der Waals surface area (Å²) < 4.78 is 0.266. The van der Waals surface area contributed by atoms with Crippen LogP contribution in [0.4, 0.5) is 5.69 Å². The van der Waals surface area contributed by atoms with E-state index in [0.29, 0.717) is 0 Å². The Balaban J connectivity index is 2.30. The van der Waals surface area contributed by atoms with Crippen molar-refractivity contribution in [3.05, 3.63) is 29.8 Å². The Morgan fingerprint density at radius 1 is 1.41 bits per heavy atom. The molecule has 1 aromatic carbocycles. The van der Waals surface area contributed by atoms with Gasteiger partial charge in [-0.25, -0.2) is 0 Å². The lowest BCUT2D eigenvalue weighted by Gasteiger charge is -2.39. The summed E-state index contributed by atoms with van der Waals surface area (Å²) in [6, 6.07) is 7.93. The fourth-order valence-corrected chi connectivity index (χ4v) is 3.31. The van der Waals surface area contributed by atoms with Gasteiger partial charge >= 0.3 is 0 Å². The third kappa shape index (κ3) is 2.75. The number of nitrogens with two attached hydrogens (primary N) is 1. The Labute approximate surface area is 107 Å². The molecule has 1 fully saturated rings. The van der Waals surface area contributed by atoms with Crippen molar-refractivity contribution in [3.63, 3.8) is 0 Å². The Hall–Kier alpha value is -1.16. The summed E-state index contributed by atoms with van der Waals surface area (Å²) >= 11 is 2.01. The van der Waals surface area contributed by atoms with Gasteiger partial charge in [0.25, 0.3) is 0 Å². The lowest BCUT2D eigenvalue weighted by Crippen LogP contribution is -2.43. The minimum absolute atomic E-state index is 0.150. The fraction of sp³-hybridized carbons (Fsp3) is 0.462. The summed E-state index contributed by atoms with van der Waals surface area (Å²) in [6.45, 7) is 6.56. The van der Waals surface area contributed by atoms with Crippen LogP contribution in [0.1, 0.15) is 19.4 Å². The highest BCUT2D eigenvalue weighted by Crippen LogP contribution is 2.33. The van der Waals surface area contributed by atoms with Crippen molar-refractivity contribution in [1.29, 1.82) is 5.41 Å². The molecular weight excluding hydrogens is 230 g/mol. The number of nitrogens with one attached hydrogen (secondary N) is 1. The van der Waals surface area contributed by atoms with Gasteiger partial charge in [0.15, 0.2) is 0 Å². The predicted molar refractivity (Wildman–Crippen MR) is 76.2 cm³/mol. The van der Waals surface area contributed by atoms with Gasteiger partial charge in [-0.05, 0) is 26.0 Å². The standard InChI is InChI=1S/C13H19N3S/c1-13(2)9-16(7-8-17-13)11-6-4-3-5-10(11)12(14)15/h3-6H,7-9H2,1-2H3,(H3,14,15). The molecule has 0 aromatic heterocycles. The number of benzene rings is 1. The van der Waals surface area contributed by atoms with E-state index in [2.05, 4.69) is 24.8 Å². The van der Waals surface area contributed by atoms with E-state index in [1.54, 1.807) is 0 Å². The zero-order chi connectivity index (χ0) is 12.5. The molecule has 1 saturated heterocycles. The lowest BCUT2D eigenvalue weighted by atomic mass is 10.1. The van der Waals surface area contributed by atoms with Gasteiger partial charge in [-0.15, -0.1) is 0 Å². The highest BCUT2D eigenvalue weighted by molar-refractivity contribution is 8.00. The van der Waals surface area contributed by atoms with Crippen molar-refractivity contribution in [2.24, 2.45) is 5.73 Å². The van der Waals surface area contributed by atoms with Gasteiger partial charge in [-0.3, -0.25) is 5.41 Å². The molecule has 0 unspecified atom stereocenters. The molecule has 2 rings (SSSR count). The second-order valence-corrected chi connectivity index (χ2v) is 6.76. The number of para-hydroxylation sites is 1. The number of nitrogens with zero attached hydrogens (tertiary/aromatic N) is 1.